The lowest BCUT2D eigenvalue weighted by molar-refractivity contribution is 0.0989. The van der Waals surface area contributed by atoms with E-state index in [0.29, 0.717) is 0 Å². The van der Waals surface area contributed by atoms with Gasteiger partial charge in [0.2, 0.25) is 10.0 Å². The van der Waals surface area contributed by atoms with Crippen molar-refractivity contribution in [1.29, 1.82) is 0 Å². The Labute approximate surface area is 110 Å². The van der Waals surface area contributed by atoms with Gasteiger partial charge >= 0.3 is 0 Å². The highest BCUT2D eigenvalue weighted by Gasteiger charge is 2.34. The fraction of sp³-hybridized carbons (Fsp3) is 0.600. The number of hydrogen-bond donors (Lipinski definition) is 3. The molecule has 1 aliphatic rings. The lowest BCUT2D eigenvalue weighted by atomic mass is 9.95. The minimum absolute atomic E-state index is 0.0834. The van der Waals surface area contributed by atoms with Crippen molar-refractivity contribution in [3.8, 4) is 0 Å². The molecule has 0 aliphatic carbocycles. The number of piperidine rings is 1. The zero-order valence-corrected chi connectivity index (χ0v) is 11.3. The van der Waals surface area contributed by atoms with Gasteiger partial charge < -0.3 is 15.6 Å². The van der Waals surface area contributed by atoms with Crippen LogP contribution in [0.1, 0.15) is 35.0 Å². The van der Waals surface area contributed by atoms with Crippen molar-refractivity contribution in [1.82, 2.24) is 15.2 Å². The van der Waals surface area contributed by atoms with E-state index in [9.17, 15) is 13.2 Å². The van der Waals surface area contributed by atoms with Gasteiger partial charge in [0.25, 0.3) is 5.91 Å². The number of nitrogens with zero attached hydrogens (tertiary/aromatic N) is 1. The molecule has 0 unspecified atom stereocenters. The van der Waals surface area contributed by atoms with Gasteiger partial charge in [0.1, 0.15) is 0 Å². The second-order valence-corrected chi connectivity index (χ2v) is 6.14. The minimum atomic E-state index is -3.84. The largest absolute Gasteiger partial charge is 0.364 e. The average Bonchev–Trinajstić information content (AvgIpc) is 2.85. The SMILES string of the molecule is CNS(=O)(=O)c1c(C(N)=O)noc1C1CCNCC1. The fourth-order valence-electron chi connectivity index (χ4n) is 2.16. The van der Waals surface area contributed by atoms with E-state index < -0.39 is 15.9 Å². The molecule has 1 aromatic heterocycles. The topological polar surface area (TPSA) is 127 Å². The highest BCUT2D eigenvalue weighted by atomic mass is 32.2. The van der Waals surface area contributed by atoms with E-state index in [-0.39, 0.29) is 22.3 Å². The molecule has 2 rings (SSSR count). The normalized spacial score (nSPS) is 17.5. The summed E-state index contributed by atoms with van der Waals surface area (Å²) >= 11 is 0. The molecule has 8 nitrogen and oxygen atoms in total. The van der Waals surface area contributed by atoms with Gasteiger partial charge in [-0.15, -0.1) is 0 Å². The first-order chi connectivity index (χ1) is 8.97. The number of rotatable bonds is 4. The molecule has 1 aromatic rings. The molecule has 0 aromatic carbocycles. The van der Waals surface area contributed by atoms with Gasteiger partial charge in [0, 0.05) is 5.92 Å². The van der Waals surface area contributed by atoms with Gasteiger partial charge in [0.15, 0.2) is 16.3 Å². The van der Waals surface area contributed by atoms with E-state index in [1.807, 2.05) is 0 Å². The van der Waals surface area contributed by atoms with Crippen LogP contribution >= 0.6 is 0 Å². The Balaban J connectivity index is 2.52. The van der Waals surface area contributed by atoms with Gasteiger partial charge in [-0.05, 0) is 33.0 Å². The summed E-state index contributed by atoms with van der Waals surface area (Å²) in [6, 6.07) is 0. The van der Waals surface area contributed by atoms with Gasteiger partial charge in [-0.2, -0.15) is 0 Å². The molecule has 2 heterocycles. The van der Waals surface area contributed by atoms with Gasteiger partial charge in [-0.1, -0.05) is 5.16 Å². The Morgan fingerprint density at radius 1 is 1.47 bits per heavy atom. The Morgan fingerprint density at radius 3 is 2.63 bits per heavy atom. The van der Waals surface area contributed by atoms with E-state index in [2.05, 4.69) is 15.2 Å². The monoisotopic (exact) mass is 288 g/mol. The number of nitrogens with two attached hydrogens (primary N) is 1. The Bertz CT molecular complexity index is 574. The summed E-state index contributed by atoms with van der Waals surface area (Å²) in [5, 5.41) is 6.68. The number of nitrogens with one attached hydrogen (secondary N) is 2. The van der Waals surface area contributed by atoms with Crippen molar-refractivity contribution in [3.63, 3.8) is 0 Å². The molecule has 1 amide bonds. The predicted octanol–water partition coefficient (Wildman–Crippen LogP) is -0.851. The maximum Gasteiger partial charge on any atom is 0.272 e. The molecular weight excluding hydrogens is 272 g/mol. The number of primary amides is 1. The lowest BCUT2D eigenvalue weighted by Crippen LogP contribution is -2.29. The van der Waals surface area contributed by atoms with Gasteiger partial charge in [-0.25, -0.2) is 13.1 Å². The van der Waals surface area contributed by atoms with Crippen molar-refractivity contribution in [2.24, 2.45) is 5.73 Å². The molecule has 106 valence electrons. The van der Waals surface area contributed by atoms with Crippen molar-refractivity contribution in [3.05, 3.63) is 11.5 Å². The summed E-state index contributed by atoms with van der Waals surface area (Å²) < 4.78 is 31.3. The maximum atomic E-state index is 12.0. The predicted molar refractivity (Wildman–Crippen MR) is 66.1 cm³/mol. The molecular formula is C10H16N4O4S. The molecule has 1 fully saturated rings. The van der Waals surface area contributed by atoms with E-state index in [1.165, 1.54) is 7.05 Å². The lowest BCUT2D eigenvalue weighted by Gasteiger charge is -2.20. The second kappa shape index (κ2) is 5.27. The first-order valence-electron chi connectivity index (χ1n) is 5.91. The van der Waals surface area contributed by atoms with Crippen LogP contribution < -0.4 is 15.8 Å². The minimum Gasteiger partial charge on any atom is -0.364 e. The Hall–Kier alpha value is -1.45. The van der Waals surface area contributed by atoms with Crippen LogP contribution in [0.5, 0.6) is 0 Å². The highest BCUT2D eigenvalue weighted by molar-refractivity contribution is 7.89. The van der Waals surface area contributed by atoms with Crippen LogP contribution in [0.3, 0.4) is 0 Å². The van der Waals surface area contributed by atoms with Gasteiger partial charge in [0.05, 0.1) is 0 Å². The molecule has 0 saturated carbocycles. The van der Waals surface area contributed by atoms with Crippen LogP contribution in [-0.4, -0.2) is 39.6 Å². The number of aromatic nitrogens is 1. The third-order valence-electron chi connectivity index (χ3n) is 3.15. The summed E-state index contributed by atoms with van der Waals surface area (Å²) in [7, 11) is -2.57. The zero-order valence-electron chi connectivity index (χ0n) is 10.5. The van der Waals surface area contributed by atoms with E-state index in [4.69, 9.17) is 10.3 Å². The average molecular weight is 288 g/mol. The van der Waals surface area contributed by atoms with E-state index in [1.54, 1.807) is 0 Å². The first kappa shape index (κ1) is 14.0. The van der Waals surface area contributed by atoms with Crippen molar-refractivity contribution >= 4 is 15.9 Å². The number of carbonyl (C=O) groups is 1. The third kappa shape index (κ3) is 2.62. The summed E-state index contributed by atoms with van der Waals surface area (Å²) in [5.74, 6) is -0.789. The molecule has 0 atom stereocenters. The van der Waals surface area contributed by atoms with Crippen LogP contribution in [0, 0.1) is 0 Å². The summed E-state index contributed by atoms with van der Waals surface area (Å²) in [4.78, 5) is 11.0. The van der Waals surface area contributed by atoms with Crippen LogP contribution in [0.4, 0.5) is 0 Å². The number of sulfonamides is 1. The number of carbonyl (C=O) groups excluding carboxylic acids is 1. The highest BCUT2D eigenvalue weighted by Crippen LogP contribution is 2.32. The molecule has 0 spiro atoms. The number of amides is 1. The summed E-state index contributed by atoms with van der Waals surface area (Å²) in [6.45, 7) is 1.52. The van der Waals surface area contributed by atoms with Crippen molar-refractivity contribution in [2.45, 2.75) is 23.7 Å². The van der Waals surface area contributed by atoms with Crippen molar-refractivity contribution in [2.75, 3.05) is 20.1 Å². The Kier molecular flexibility index (Phi) is 3.88. The molecule has 1 saturated heterocycles. The molecule has 9 heteroatoms. The summed E-state index contributed by atoms with van der Waals surface area (Å²) in [5.41, 5.74) is 4.80. The molecule has 19 heavy (non-hydrogen) atoms. The van der Waals surface area contributed by atoms with Crippen molar-refractivity contribution < 1.29 is 17.7 Å². The molecule has 0 radical (unpaired) electrons. The Morgan fingerprint density at radius 2 is 2.11 bits per heavy atom. The summed E-state index contributed by atoms with van der Waals surface area (Å²) in [6.07, 6.45) is 1.44. The zero-order chi connectivity index (χ0) is 14.0. The van der Waals surface area contributed by atoms with Crippen LogP contribution in [0.25, 0.3) is 0 Å². The standard InChI is InChI=1S/C10H16N4O4S/c1-12-19(16,17)9-7(10(11)15)14-18-8(9)6-2-4-13-5-3-6/h6,12-13H,2-5H2,1H3,(H2,11,15). The number of hydrogen-bond acceptors (Lipinski definition) is 6. The second-order valence-electron chi connectivity index (χ2n) is 4.32. The molecule has 1 aliphatic heterocycles. The molecule has 4 N–H and O–H groups in total. The fourth-order valence-corrected chi connectivity index (χ4v) is 3.22. The van der Waals surface area contributed by atoms with Crippen LogP contribution in [0.15, 0.2) is 9.42 Å². The van der Waals surface area contributed by atoms with E-state index in [0.717, 1.165) is 25.9 Å². The quantitative estimate of drug-likeness (QED) is 0.662. The first-order valence-corrected chi connectivity index (χ1v) is 7.39. The van der Waals surface area contributed by atoms with Crippen LogP contribution in [-0.2, 0) is 10.0 Å². The van der Waals surface area contributed by atoms with E-state index >= 15 is 0 Å². The maximum absolute atomic E-state index is 12.0. The van der Waals surface area contributed by atoms with Crippen LogP contribution in [0.2, 0.25) is 0 Å². The smallest absolute Gasteiger partial charge is 0.272 e. The molecule has 0 bridgehead atoms. The van der Waals surface area contributed by atoms with Gasteiger partial charge in [-0.3, -0.25) is 4.79 Å². The third-order valence-corrected chi connectivity index (χ3v) is 4.62.